The van der Waals surface area contributed by atoms with Gasteiger partial charge in [0.25, 0.3) is 11.8 Å². The average Bonchev–Trinajstić information content (AvgIpc) is 3.23. The van der Waals surface area contributed by atoms with Crippen LogP contribution < -0.4 is 5.32 Å². The Morgan fingerprint density at radius 1 is 1.31 bits per heavy atom. The molecule has 1 atom stereocenters. The van der Waals surface area contributed by atoms with Crippen LogP contribution in [-0.2, 0) is 17.8 Å². The number of halogens is 1. The van der Waals surface area contributed by atoms with Gasteiger partial charge in [0.2, 0.25) is 0 Å². The predicted octanol–water partition coefficient (Wildman–Crippen LogP) is 2.33. The molecule has 0 aliphatic carbocycles. The number of rotatable bonds is 4. The van der Waals surface area contributed by atoms with Crippen molar-refractivity contribution in [1.29, 1.82) is 0 Å². The molecule has 0 spiro atoms. The highest BCUT2D eigenvalue weighted by Crippen LogP contribution is 2.27. The number of hydrogen-bond donors (Lipinski definition) is 2. The van der Waals surface area contributed by atoms with E-state index in [0.717, 1.165) is 11.3 Å². The van der Waals surface area contributed by atoms with Crippen molar-refractivity contribution in [2.24, 2.45) is 0 Å². The van der Waals surface area contributed by atoms with Crippen LogP contribution in [0, 0.1) is 0 Å². The number of nitrogens with one attached hydrogen (secondary N) is 2. The standard InChI is InChI=1S/C17H16ClN5O3/c1-25-8-13-21-17(26-23-13)15-20-12-6-10(7-19-16(24)14(12)22-15)9-2-4-11(18)5-3-9/h2-5,10H,6-8H2,1H3,(H,19,24)(H,20,22)/t10-/m1/s1. The van der Waals surface area contributed by atoms with Crippen LogP contribution in [0.4, 0.5) is 0 Å². The summed E-state index contributed by atoms with van der Waals surface area (Å²) in [5.74, 6) is 0.892. The molecule has 0 saturated heterocycles. The van der Waals surface area contributed by atoms with E-state index in [-0.39, 0.29) is 24.3 Å². The smallest absolute Gasteiger partial charge is 0.293 e. The molecule has 0 saturated carbocycles. The fourth-order valence-electron chi connectivity index (χ4n) is 2.97. The topological polar surface area (TPSA) is 106 Å². The van der Waals surface area contributed by atoms with Gasteiger partial charge < -0.3 is 19.6 Å². The number of hydrogen-bond acceptors (Lipinski definition) is 6. The minimum absolute atomic E-state index is 0.109. The van der Waals surface area contributed by atoms with E-state index in [1.54, 1.807) is 7.11 Å². The lowest BCUT2D eigenvalue weighted by molar-refractivity contribution is 0.0950. The first kappa shape index (κ1) is 16.7. The van der Waals surface area contributed by atoms with Crippen LogP contribution >= 0.6 is 11.6 Å². The summed E-state index contributed by atoms with van der Waals surface area (Å²) in [5, 5.41) is 7.41. The molecule has 1 aliphatic heterocycles. The van der Waals surface area contributed by atoms with Crippen molar-refractivity contribution in [3.8, 4) is 11.7 Å². The molecular weight excluding hydrogens is 358 g/mol. The highest BCUT2D eigenvalue weighted by molar-refractivity contribution is 6.30. The Bertz CT molecular complexity index is 934. The van der Waals surface area contributed by atoms with Crippen molar-refractivity contribution >= 4 is 17.5 Å². The summed E-state index contributed by atoms with van der Waals surface area (Å²) in [6.07, 6.45) is 0.627. The summed E-state index contributed by atoms with van der Waals surface area (Å²) in [4.78, 5) is 24.1. The molecule has 9 heteroatoms. The fraction of sp³-hybridized carbons (Fsp3) is 0.294. The Hall–Kier alpha value is -2.71. The zero-order valence-corrected chi connectivity index (χ0v) is 14.7. The molecule has 134 valence electrons. The third-order valence-corrected chi connectivity index (χ3v) is 4.49. The van der Waals surface area contributed by atoms with E-state index < -0.39 is 0 Å². The molecule has 1 aliphatic rings. The van der Waals surface area contributed by atoms with E-state index in [2.05, 4.69) is 25.4 Å². The molecular formula is C17H16ClN5O3. The second-order valence-corrected chi connectivity index (χ2v) is 6.46. The van der Waals surface area contributed by atoms with E-state index in [0.29, 0.717) is 35.3 Å². The van der Waals surface area contributed by atoms with Gasteiger partial charge in [-0.05, 0) is 24.1 Å². The molecule has 4 rings (SSSR count). The van der Waals surface area contributed by atoms with Crippen LogP contribution in [0.25, 0.3) is 11.7 Å². The third-order valence-electron chi connectivity index (χ3n) is 4.24. The Morgan fingerprint density at radius 2 is 2.12 bits per heavy atom. The largest absolute Gasteiger partial charge is 0.377 e. The number of amides is 1. The van der Waals surface area contributed by atoms with Crippen molar-refractivity contribution in [1.82, 2.24) is 25.4 Å². The second-order valence-electron chi connectivity index (χ2n) is 6.02. The van der Waals surface area contributed by atoms with E-state index in [9.17, 15) is 4.79 Å². The number of imidazole rings is 1. The molecule has 26 heavy (non-hydrogen) atoms. The highest BCUT2D eigenvalue weighted by atomic mass is 35.5. The van der Waals surface area contributed by atoms with E-state index in [1.165, 1.54) is 0 Å². The Morgan fingerprint density at radius 3 is 2.88 bits per heavy atom. The Labute approximate surface area is 153 Å². The van der Waals surface area contributed by atoms with Crippen molar-refractivity contribution < 1.29 is 14.1 Å². The van der Waals surface area contributed by atoms with Gasteiger partial charge in [-0.2, -0.15) is 4.98 Å². The summed E-state index contributed by atoms with van der Waals surface area (Å²) >= 11 is 5.96. The summed E-state index contributed by atoms with van der Waals surface area (Å²) in [5.41, 5.74) is 2.18. The molecule has 1 amide bonds. The lowest BCUT2D eigenvalue weighted by Gasteiger charge is -2.14. The number of H-pyrrole nitrogens is 1. The lowest BCUT2D eigenvalue weighted by Crippen LogP contribution is -2.26. The Kier molecular flexibility index (Phi) is 4.44. The minimum Gasteiger partial charge on any atom is -0.377 e. The molecule has 0 radical (unpaired) electrons. The maximum atomic E-state index is 12.4. The SMILES string of the molecule is COCc1noc(-c2nc3c([nH]2)C[C@@H](c2ccc(Cl)cc2)CNC3=O)n1. The van der Waals surface area contributed by atoms with Crippen LogP contribution in [0.5, 0.6) is 0 Å². The molecule has 3 aromatic rings. The summed E-state index contributed by atoms with van der Waals surface area (Å²) in [7, 11) is 1.55. The van der Waals surface area contributed by atoms with Gasteiger partial charge in [-0.3, -0.25) is 4.79 Å². The van der Waals surface area contributed by atoms with Gasteiger partial charge >= 0.3 is 0 Å². The van der Waals surface area contributed by atoms with Crippen LogP contribution in [0.3, 0.4) is 0 Å². The normalized spacial score (nSPS) is 16.8. The summed E-state index contributed by atoms with van der Waals surface area (Å²) in [6.45, 7) is 0.765. The molecule has 0 fully saturated rings. The Balaban J connectivity index is 1.64. The van der Waals surface area contributed by atoms with Gasteiger partial charge in [-0.15, -0.1) is 0 Å². The average molecular weight is 374 g/mol. The van der Waals surface area contributed by atoms with Gasteiger partial charge in [-0.25, -0.2) is 4.98 Å². The van der Waals surface area contributed by atoms with E-state index >= 15 is 0 Å². The molecule has 2 N–H and O–H groups in total. The number of carbonyl (C=O) groups is 1. The van der Waals surface area contributed by atoms with Crippen molar-refractivity contribution in [2.45, 2.75) is 18.9 Å². The fourth-order valence-corrected chi connectivity index (χ4v) is 3.10. The zero-order valence-electron chi connectivity index (χ0n) is 14.0. The second kappa shape index (κ2) is 6.89. The number of fused-ring (bicyclic) bond motifs is 1. The minimum atomic E-state index is -0.226. The van der Waals surface area contributed by atoms with Gasteiger partial charge in [-0.1, -0.05) is 28.9 Å². The van der Waals surface area contributed by atoms with E-state index in [1.807, 2.05) is 24.3 Å². The van der Waals surface area contributed by atoms with Crippen LogP contribution in [0.15, 0.2) is 28.8 Å². The predicted molar refractivity (Wildman–Crippen MR) is 92.8 cm³/mol. The summed E-state index contributed by atoms with van der Waals surface area (Å²) < 4.78 is 10.2. The first-order valence-electron chi connectivity index (χ1n) is 8.08. The molecule has 3 heterocycles. The quantitative estimate of drug-likeness (QED) is 0.727. The first-order chi connectivity index (χ1) is 12.6. The molecule has 2 aromatic heterocycles. The van der Waals surface area contributed by atoms with Crippen molar-refractivity contribution in [3.63, 3.8) is 0 Å². The maximum Gasteiger partial charge on any atom is 0.293 e. The number of aromatic amines is 1. The molecule has 8 nitrogen and oxygen atoms in total. The number of benzene rings is 1. The van der Waals surface area contributed by atoms with Gasteiger partial charge in [0.15, 0.2) is 11.6 Å². The number of carbonyl (C=O) groups excluding carboxylic acids is 1. The number of ether oxygens (including phenoxy) is 1. The first-order valence-corrected chi connectivity index (χ1v) is 8.46. The highest BCUT2D eigenvalue weighted by Gasteiger charge is 2.27. The monoisotopic (exact) mass is 373 g/mol. The molecule has 0 bridgehead atoms. The maximum absolute atomic E-state index is 12.4. The van der Waals surface area contributed by atoms with Gasteiger partial charge in [0.1, 0.15) is 12.3 Å². The van der Waals surface area contributed by atoms with Crippen LogP contribution in [-0.4, -0.2) is 39.7 Å². The van der Waals surface area contributed by atoms with E-state index in [4.69, 9.17) is 20.9 Å². The number of nitrogens with zero attached hydrogens (tertiary/aromatic N) is 3. The summed E-state index contributed by atoms with van der Waals surface area (Å²) in [6, 6.07) is 7.63. The van der Waals surface area contributed by atoms with Crippen molar-refractivity contribution in [3.05, 3.63) is 52.1 Å². The van der Waals surface area contributed by atoms with Crippen molar-refractivity contribution in [2.75, 3.05) is 13.7 Å². The zero-order chi connectivity index (χ0) is 18.1. The van der Waals surface area contributed by atoms with Crippen LogP contribution in [0.2, 0.25) is 5.02 Å². The molecule has 1 aromatic carbocycles. The van der Waals surface area contributed by atoms with Gasteiger partial charge in [0.05, 0.1) is 0 Å². The third kappa shape index (κ3) is 3.21. The lowest BCUT2D eigenvalue weighted by atomic mass is 9.94. The number of aromatic nitrogens is 4. The van der Waals surface area contributed by atoms with Crippen LogP contribution in [0.1, 0.15) is 33.5 Å². The molecule has 0 unspecified atom stereocenters. The number of methoxy groups -OCH3 is 1. The van der Waals surface area contributed by atoms with Gasteiger partial charge in [0, 0.05) is 30.3 Å².